The highest BCUT2D eigenvalue weighted by Gasteiger charge is 2.33. The maximum atomic E-state index is 11.0. The van der Waals surface area contributed by atoms with Crippen LogP contribution >= 0.6 is 23.2 Å². The van der Waals surface area contributed by atoms with Crippen molar-refractivity contribution in [3.8, 4) is 22.9 Å². The first kappa shape index (κ1) is 24.3. The van der Waals surface area contributed by atoms with E-state index in [4.69, 9.17) is 42.4 Å². The number of carbonyl (C=O) groups is 1. The molecule has 4 heterocycles. The first-order valence-corrected chi connectivity index (χ1v) is 11.9. The molecule has 2 aliphatic rings. The van der Waals surface area contributed by atoms with Crippen molar-refractivity contribution in [2.24, 2.45) is 0 Å². The maximum absolute atomic E-state index is 11.0. The summed E-state index contributed by atoms with van der Waals surface area (Å²) in [5.74, 6) is 1.74. The van der Waals surface area contributed by atoms with E-state index < -0.39 is 0 Å². The van der Waals surface area contributed by atoms with Gasteiger partial charge in [0.25, 0.3) is 0 Å². The average Bonchev–Trinajstić information content (AvgIpc) is 2.90. The van der Waals surface area contributed by atoms with Crippen LogP contribution in [0.15, 0.2) is 24.7 Å². The van der Waals surface area contributed by atoms with E-state index in [0.717, 1.165) is 5.56 Å². The Labute approximate surface area is 217 Å². The second-order valence-electron chi connectivity index (χ2n) is 8.15. The number of halogens is 2. The molecule has 0 bridgehead atoms. The van der Waals surface area contributed by atoms with Crippen LogP contribution in [-0.4, -0.2) is 65.9 Å². The molecule has 13 heteroatoms. The van der Waals surface area contributed by atoms with Crippen LogP contribution in [0.1, 0.15) is 12.0 Å². The number of anilines is 3. The van der Waals surface area contributed by atoms with Crippen LogP contribution in [0.5, 0.6) is 11.5 Å². The number of hydrogen-bond acceptors (Lipinski definition) is 10. The molecule has 2 N–H and O–H groups in total. The number of amides is 1. The van der Waals surface area contributed by atoms with E-state index in [1.54, 1.807) is 24.7 Å². The van der Waals surface area contributed by atoms with Crippen molar-refractivity contribution in [1.29, 1.82) is 0 Å². The van der Waals surface area contributed by atoms with Crippen LogP contribution < -0.4 is 25.0 Å². The number of aromatic nitrogens is 4. The lowest BCUT2D eigenvalue weighted by Gasteiger charge is -2.33. The van der Waals surface area contributed by atoms with Gasteiger partial charge in [0.1, 0.15) is 32.9 Å². The highest BCUT2D eigenvalue weighted by atomic mass is 35.5. The normalized spacial score (nSPS) is 18.6. The van der Waals surface area contributed by atoms with Gasteiger partial charge in [-0.2, -0.15) is 0 Å². The summed E-state index contributed by atoms with van der Waals surface area (Å²) in [5, 5.41) is 6.74. The Morgan fingerprint density at radius 3 is 2.56 bits per heavy atom. The molecule has 1 amide bonds. The zero-order chi connectivity index (χ0) is 25.2. The van der Waals surface area contributed by atoms with E-state index in [0.29, 0.717) is 83.0 Å². The lowest BCUT2D eigenvalue weighted by atomic mass is 10.0. The second-order valence-corrected chi connectivity index (χ2v) is 8.90. The highest BCUT2D eigenvalue weighted by molar-refractivity contribution is 6.41. The monoisotopic (exact) mass is 531 g/mol. The number of rotatable bonds is 7. The van der Waals surface area contributed by atoms with Crippen molar-refractivity contribution in [1.82, 2.24) is 25.3 Å². The zero-order valence-corrected chi connectivity index (χ0v) is 21.0. The van der Waals surface area contributed by atoms with Crippen LogP contribution in [0.2, 0.25) is 10.0 Å². The Balaban J connectivity index is 1.54. The molecule has 1 saturated heterocycles. The Hall–Kier alpha value is -3.41. The summed E-state index contributed by atoms with van der Waals surface area (Å²) < 4.78 is 16.5. The van der Waals surface area contributed by atoms with Crippen LogP contribution in [0.4, 0.5) is 17.5 Å². The Kier molecular flexibility index (Phi) is 6.95. The molecule has 1 aromatic carbocycles. The number of fused-ring (bicyclic) bond motifs is 3. The van der Waals surface area contributed by atoms with Gasteiger partial charge < -0.3 is 29.7 Å². The zero-order valence-electron chi connectivity index (χ0n) is 19.5. The lowest BCUT2D eigenvalue weighted by molar-refractivity contribution is -0.110. The third-order valence-electron chi connectivity index (χ3n) is 6.13. The maximum Gasteiger partial charge on any atom is 0.223 e. The Bertz CT molecular complexity index is 1270. The van der Waals surface area contributed by atoms with Crippen molar-refractivity contribution in [2.45, 2.75) is 25.0 Å². The summed E-state index contributed by atoms with van der Waals surface area (Å²) in [5.41, 5.74) is 2.45. The summed E-state index contributed by atoms with van der Waals surface area (Å²) >= 11 is 13.4. The molecule has 0 aliphatic carbocycles. The number of hydrogen-bond donors (Lipinski definition) is 2. The van der Waals surface area contributed by atoms with Gasteiger partial charge in [0.05, 0.1) is 45.1 Å². The van der Waals surface area contributed by atoms with E-state index in [1.807, 2.05) is 4.90 Å². The fourth-order valence-electron chi connectivity index (χ4n) is 4.36. The van der Waals surface area contributed by atoms with E-state index in [9.17, 15) is 4.79 Å². The standard InChI is InChI=1S/C23H23Cl2N7O4/c1-34-15-7-16(35-2)18(25)21(17(15)24)32-9-12-8-28-23(30-14-10-36-6-3-13(14)29-11-33)31-19(12)20-22(32)27-5-4-26-20/h4-5,7-8,11,13-14H,3,6,9-10H2,1-2H3,(H,29,33)(H,28,30,31). The van der Waals surface area contributed by atoms with Crippen LogP contribution in [0.25, 0.3) is 11.4 Å². The minimum Gasteiger partial charge on any atom is -0.495 e. The molecule has 0 saturated carbocycles. The fraction of sp³-hybridized carbons (Fsp3) is 0.348. The minimum atomic E-state index is -0.176. The summed E-state index contributed by atoms with van der Waals surface area (Å²) in [6.07, 6.45) is 6.29. The van der Waals surface area contributed by atoms with E-state index in [-0.39, 0.29) is 12.1 Å². The van der Waals surface area contributed by atoms with Gasteiger partial charge in [-0.15, -0.1) is 0 Å². The first-order valence-electron chi connectivity index (χ1n) is 11.1. The number of nitrogens with zero attached hydrogens (tertiary/aromatic N) is 5. The molecular weight excluding hydrogens is 509 g/mol. The van der Waals surface area contributed by atoms with E-state index in [1.165, 1.54) is 14.2 Å². The predicted molar refractivity (Wildman–Crippen MR) is 134 cm³/mol. The molecule has 36 heavy (non-hydrogen) atoms. The van der Waals surface area contributed by atoms with Crippen molar-refractivity contribution in [3.05, 3.63) is 40.3 Å². The van der Waals surface area contributed by atoms with Gasteiger partial charge in [0, 0.05) is 36.8 Å². The van der Waals surface area contributed by atoms with Gasteiger partial charge in [-0.05, 0) is 6.42 Å². The van der Waals surface area contributed by atoms with Crippen LogP contribution in [0, 0.1) is 0 Å². The Morgan fingerprint density at radius 1 is 1.08 bits per heavy atom. The molecule has 0 spiro atoms. The minimum absolute atomic E-state index is 0.0919. The summed E-state index contributed by atoms with van der Waals surface area (Å²) in [4.78, 5) is 31.2. The third kappa shape index (κ3) is 4.34. The number of nitrogens with one attached hydrogen (secondary N) is 2. The molecular formula is C23H23Cl2N7O4. The van der Waals surface area contributed by atoms with Crippen LogP contribution in [0.3, 0.4) is 0 Å². The smallest absolute Gasteiger partial charge is 0.223 e. The van der Waals surface area contributed by atoms with Crippen molar-refractivity contribution in [3.63, 3.8) is 0 Å². The molecule has 2 aliphatic heterocycles. The summed E-state index contributed by atoms with van der Waals surface area (Å²) in [6.45, 7) is 1.33. The van der Waals surface area contributed by atoms with Gasteiger partial charge in [0.15, 0.2) is 5.82 Å². The largest absolute Gasteiger partial charge is 0.495 e. The SMILES string of the molecule is COc1cc(OC)c(Cl)c(N2Cc3cnc(NC4COCCC4NC=O)nc3-c3nccnc32)c1Cl. The topological polar surface area (TPSA) is 124 Å². The van der Waals surface area contributed by atoms with E-state index in [2.05, 4.69) is 25.6 Å². The molecule has 3 aromatic rings. The number of ether oxygens (including phenoxy) is 3. The van der Waals surface area contributed by atoms with Gasteiger partial charge in [-0.25, -0.2) is 19.9 Å². The molecule has 0 radical (unpaired) electrons. The van der Waals surface area contributed by atoms with Crippen molar-refractivity contribution < 1.29 is 19.0 Å². The highest BCUT2D eigenvalue weighted by Crippen LogP contribution is 2.50. The predicted octanol–water partition coefficient (Wildman–Crippen LogP) is 3.22. The molecule has 5 rings (SSSR count). The average molecular weight is 532 g/mol. The van der Waals surface area contributed by atoms with E-state index >= 15 is 0 Å². The van der Waals surface area contributed by atoms with Gasteiger partial charge in [-0.1, -0.05) is 23.2 Å². The number of methoxy groups -OCH3 is 2. The van der Waals surface area contributed by atoms with Crippen LogP contribution in [-0.2, 0) is 16.1 Å². The molecule has 2 unspecified atom stereocenters. The van der Waals surface area contributed by atoms with Crippen molar-refractivity contribution >= 4 is 47.1 Å². The number of benzene rings is 1. The van der Waals surface area contributed by atoms with Gasteiger partial charge >= 0.3 is 0 Å². The molecule has 2 atom stereocenters. The molecule has 188 valence electrons. The quantitative estimate of drug-likeness (QED) is 0.439. The Morgan fingerprint density at radius 2 is 1.83 bits per heavy atom. The van der Waals surface area contributed by atoms with Gasteiger partial charge in [0.2, 0.25) is 12.4 Å². The van der Waals surface area contributed by atoms with Gasteiger partial charge in [-0.3, -0.25) is 4.79 Å². The molecule has 2 aromatic heterocycles. The van der Waals surface area contributed by atoms with Crippen molar-refractivity contribution in [2.75, 3.05) is 37.7 Å². The fourth-order valence-corrected chi connectivity index (χ4v) is 5.07. The third-order valence-corrected chi connectivity index (χ3v) is 6.86. The lowest BCUT2D eigenvalue weighted by Crippen LogP contribution is -2.50. The number of carbonyl (C=O) groups excluding carboxylic acids is 1. The first-order chi connectivity index (χ1) is 17.5. The summed E-state index contributed by atoms with van der Waals surface area (Å²) in [7, 11) is 3.04. The summed E-state index contributed by atoms with van der Waals surface area (Å²) in [6, 6.07) is 1.36. The molecule has 1 fully saturated rings. The second kappa shape index (κ2) is 10.3. The molecule has 11 nitrogen and oxygen atoms in total.